The summed E-state index contributed by atoms with van der Waals surface area (Å²) in [5.74, 6) is 0.293. The van der Waals surface area contributed by atoms with Crippen LogP contribution in [0, 0.1) is 5.41 Å². The molecule has 1 fully saturated rings. The minimum Gasteiger partial charge on any atom is -0.508 e. The van der Waals surface area contributed by atoms with Crippen molar-refractivity contribution >= 4 is 6.08 Å². The quantitative estimate of drug-likeness (QED) is 0.608. The highest BCUT2D eigenvalue weighted by molar-refractivity contribution is 5.51. The number of allylic oxidation sites excluding steroid dienone is 2. The van der Waals surface area contributed by atoms with Crippen LogP contribution in [0.3, 0.4) is 0 Å². The molecule has 1 aliphatic rings. The Bertz CT molecular complexity index is 499. The molecule has 0 spiro atoms. The molecule has 0 aromatic heterocycles. The predicted octanol–water partition coefficient (Wildman–Crippen LogP) is 4.56. The first-order valence-corrected chi connectivity index (χ1v) is 7.14. The van der Waals surface area contributed by atoms with Crippen molar-refractivity contribution < 1.29 is 9.84 Å². The third-order valence-corrected chi connectivity index (χ3v) is 4.13. The van der Waals surface area contributed by atoms with Crippen molar-refractivity contribution in [3.8, 4) is 5.75 Å². The Morgan fingerprint density at radius 3 is 2.45 bits per heavy atom. The fourth-order valence-electron chi connectivity index (χ4n) is 2.31. The van der Waals surface area contributed by atoms with Gasteiger partial charge in [0.05, 0.1) is 11.7 Å². The third kappa shape index (κ3) is 3.73. The fraction of sp³-hybridized carbons (Fsp3) is 0.444. The van der Waals surface area contributed by atoms with E-state index in [0.29, 0.717) is 11.9 Å². The van der Waals surface area contributed by atoms with E-state index < -0.39 is 0 Å². The lowest BCUT2D eigenvalue weighted by molar-refractivity contribution is 0.311. The molecule has 0 saturated carbocycles. The van der Waals surface area contributed by atoms with Crippen LogP contribution in [-0.4, -0.2) is 16.8 Å². The maximum absolute atomic E-state index is 9.28. The van der Waals surface area contributed by atoms with Crippen molar-refractivity contribution in [2.75, 3.05) is 0 Å². The molecule has 1 aromatic rings. The second-order valence-electron chi connectivity index (χ2n) is 6.38. The number of hydrogen-bond acceptors (Lipinski definition) is 2. The largest absolute Gasteiger partial charge is 0.508 e. The summed E-state index contributed by atoms with van der Waals surface area (Å²) in [6.45, 7) is 10.4. The lowest BCUT2D eigenvalue weighted by Crippen LogP contribution is -2.12. The normalized spacial score (nSPS) is 23.4. The Morgan fingerprint density at radius 1 is 1.35 bits per heavy atom. The molecule has 20 heavy (non-hydrogen) atoms. The molecule has 2 heteroatoms. The average Bonchev–Trinajstić information content (AvgIpc) is 3.04. The SMILES string of the molecule is C=C[C@@](C)(C=Cc1ccc(O)cc1)CC[C@H]1OC1(C)C. The van der Waals surface area contributed by atoms with E-state index in [9.17, 15) is 5.11 Å². The first-order chi connectivity index (χ1) is 9.35. The Morgan fingerprint density at radius 2 is 1.95 bits per heavy atom. The van der Waals surface area contributed by atoms with Gasteiger partial charge in [-0.3, -0.25) is 0 Å². The molecule has 2 nitrogen and oxygen atoms in total. The highest BCUT2D eigenvalue weighted by Gasteiger charge is 2.47. The summed E-state index contributed by atoms with van der Waals surface area (Å²) < 4.78 is 5.63. The third-order valence-electron chi connectivity index (χ3n) is 4.13. The van der Waals surface area contributed by atoms with Gasteiger partial charge >= 0.3 is 0 Å². The maximum Gasteiger partial charge on any atom is 0.115 e. The average molecular weight is 272 g/mol. The summed E-state index contributed by atoms with van der Waals surface area (Å²) in [6.07, 6.45) is 8.72. The van der Waals surface area contributed by atoms with Crippen LogP contribution in [0.15, 0.2) is 43.0 Å². The molecule has 2 atom stereocenters. The minimum atomic E-state index is -0.0279. The Balaban J connectivity index is 1.96. The number of ether oxygens (including phenoxy) is 1. The Labute approximate surface area is 121 Å². The van der Waals surface area contributed by atoms with Crippen LogP contribution in [0.5, 0.6) is 5.75 Å². The molecule has 1 saturated heterocycles. The van der Waals surface area contributed by atoms with Crippen molar-refractivity contribution in [1.29, 1.82) is 0 Å². The maximum atomic E-state index is 9.28. The number of phenols is 1. The number of phenolic OH excluding ortho intramolecular Hbond substituents is 1. The Kier molecular flexibility index (Phi) is 4.05. The van der Waals surface area contributed by atoms with E-state index in [1.807, 2.05) is 18.2 Å². The number of hydrogen-bond donors (Lipinski definition) is 1. The summed E-state index contributed by atoms with van der Waals surface area (Å²) >= 11 is 0. The van der Waals surface area contributed by atoms with Gasteiger partial charge in [0, 0.05) is 5.41 Å². The number of epoxide rings is 1. The predicted molar refractivity (Wildman–Crippen MR) is 83.6 cm³/mol. The van der Waals surface area contributed by atoms with Gasteiger partial charge in [0.15, 0.2) is 0 Å². The molecular weight excluding hydrogens is 248 g/mol. The molecule has 0 aliphatic carbocycles. The fourth-order valence-corrected chi connectivity index (χ4v) is 2.31. The van der Waals surface area contributed by atoms with Crippen molar-refractivity contribution in [3.63, 3.8) is 0 Å². The van der Waals surface area contributed by atoms with Gasteiger partial charge in [0.25, 0.3) is 0 Å². The molecule has 0 amide bonds. The van der Waals surface area contributed by atoms with Gasteiger partial charge in [0.1, 0.15) is 5.75 Å². The summed E-state index contributed by atoms with van der Waals surface area (Å²) in [5, 5.41) is 9.28. The minimum absolute atomic E-state index is 0.0279. The lowest BCUT2D eigenvalue weighted by Gasteiger charge is -2.21. The zero-order valence-electron chi connectivity index (χ0n) is 12.6. The van der Waals surface area contributed by atoms with E-state index in [1.54, 1.807) is 12.1 Å². The monoisotopic (exact) mass is 272 g/mol. The van der Waals surface area contributed by atoms with Crippen molar-refractivity contribution in [1.82, 2.24) is 0 Å². The smallest absolute Gasteiger partial charge is 0.115 e. The standard InChI is InChI=1S/C18H24O2/c1-5-18(4,13-11-16-17(2,3)20-16)12-10-14-6-8-15(19)9-7-14/h5-10,12,16,19H,1,11,13H2,2-4H3/t16-,18+/m1/s1. The van der Waals surface area contributed by atoms with Crippen molar-refractivity contribution in [3.05, 3.63) is 48.6 Å². The molecule has 1 aliphatic heterocycles. The summed E-state index contributed by atoms with van der Waals surface area (Å²) in [6, 6.07) is 7.21. The van der Waals surface area contributed by atoms with Gasteiger partial charge in [-0.15, -0.1) is 6.58 Å². The number of aromatic hydroxyl groups is 1. The highest BCUT2D eigenvalue weighted by Crippen LogP contribution is 2.41. The molecule has 1 aromatic carbocycles. The second-order valence-corrected chi connectivity index (χ2v) is 6.38. The van der Waals surface area contributed by atoms with Gasteiger partial charge in [-0.2, -0.15) is 0 Å². The van der Waals surface area contributed by atoms with Crippen LogP contribution >= 0.6 is 0 Å². The molecular formula is C18H24O2. The van der Waals surface area contributed by atoms with Gasteiger partial charge < -0.3 is 9.84 Å². The van der Waals surface area contributed by atoms with E-state index in [-0.39, 0.29) is 11.0 Å². The molecule has 0 radical (unpaired) electrons. The van der Waals surface area contributed by atoms with Crippen molar-refractivity contribution in [2.24, 2.45) is 5.41 Å². The number of benzene rings is 1. The first kappa shape index (κ1) is 14.9. The molecule has 1 heterocycles. The van der Waals surface area contributed by atoms with Crippen LogP contribution in [0.2, 0.25) is 0 Å². The van der Waals surface area contributed by atoms with Crippen LogP contribution in [0.1, 0.15) is 39.2 Å². The van der Waals surface area contributed by atoms with E-state index in [1.165, 1.54) is 0 Å². The molecule has 0 bridgehead atoms. The van der Waals surface area contributed by atoms with Gasteiger partial charge in [-0.1, -0.05) is 37.3 Å². The molecule has 0 unspecified atom stereocenters. The van der Waals surface area contributed by atoms with E-state index >= 15 is 0 Å². The van der Waals surface area contributed by atoms with Crippen LogP contribution in [0.25, 0.3) is 6.08 Å². The van der Waals surface area contributed by atoms with E-state index in [4.69, 9.17) is 4.74 Å². The van der Waals surface area contributed by atoms with E-state index in [0.717, 1.165) is 18.4 Å². The van der Waals surface area contributed by atoms with Crippen LogP contribution in [-0.2, 0) is 4.74 Å². The van der Waals surface area contributed by atoms with Crippen molar-refractivity contribution in [2.45, 2.75) is 45.3 Å². The zero-order valence-corrected chi connectivity index (χ0v) is 12.6. The van der Waals surface area contributed by atoms with Crippen LogP contribution < -0.4 is 0 Å². The summed E-state index contributed by atoms with van der Waals surface area (Å²) in [7, 11) is 0. The highest BCUT2D eigenvalue weighted by atomic mass is 16.6. The topological polar surface area (TPSA) is 32.8 Å². The number of rotatable bonds is 6. The van der Waals surface area contributed by atoms with Gasteiger partial charge in [-0.25, -0.2) is 0 Å². The summed E-state index contributed by atoms with van der Waals surface area (Å²) in [4.78, 5) is 0. The molecule has 1 N–H and O–H groups in total. The summed E-state index contributed by atoms with van der Waals surface area (Å²) in [5.41, 5.74) is 1.11. The second kappa shape index (κ2) is 5.45. The zero-order chi connectivity index (χ0) is 14.8. The van der Waals surface area contributed by atoms with Crippen LogP contribution in [0.4, 0.5) is 0 Å². The van der Waals surface area contributed by atoms with Gasteiger partial charge in [-0.05, 0) is 44.4 Å². The molecule has 108 valence electrons. The van der Waals surface area contributed by atoms with E-state index in [2.05, 4.69) is 39.5 Å². The van der Waals surface area contributed by atoms with Gasteiger partial charge in [0.2, 0.25) is 0 Å². The Hall–Kier alpha value is -1.54. The first-order valence-electron chi connectivity index (χ1n) is 7.14. The molecule has 2 rings (SSSR count). The lowest BCUT2D eigenvalue weighted by atomic mass is 9.83.